The fourth-order valence-corrected chi connectivity index (χ4v) is 3.96. The maximum Gasteiger partial charge on any atom is 0.316 e. The summed E-state index contributed by atoms with van der Waals surface area (Å²) in [6, 6.07) is 3.07. The van der Waals surface area contributed by atoms with Gasteiger partial charge in [0, 0.05) is 12.3 Å². The third-order valence-corrected chi connectivity index (χ3v) is 5.25. The molecule has 0 heterocycles. The molecule has 9 nitrogen and oxygen atoms in total. The first kappa shape index (κ1) is 22.5. The topological polar surface area (TPSA) is 118 Å². The van der Waals surface area contributed by atoms with E-state index >= 15 is 0 Å². The lowest BCUT2D eigenvalue weighted by Gasteiger charge is -2.43. The van der Waals surface area contributed by atoms with Gasteiger partial charge in [0.1, 0.15) is 5.92 Å². The van der Waals surface area contributed by atoms with Crippen molar-refractivity contribution in [2.24, 2.45) is 11.8 Å². The zero-order valence-electron chi connectivity index (χ0n) is 17.3. The van der Waals surface area contributed by atoms with Crippen LogP contribution in [0.5, 0.6) is 17.2 Å². The average molecular weight is 410 g/mol. The number of esters is 2. The van der Waals surface area contributed by atoms with Crippen molar-refractivity contribution in [3.8, 4) is 17.2 Å². The molecule has 0 amide bonds. The number of hydrogen-bond acceptors (Lipinski definition) is 9. The lowest BCUT2D eigenvalue weighted by Crippen LogP contribution is -2.55. The van der Waals surface area contributed by atoms with Crippen LogP contribution >= 0.6 is 0 Å². The van der Waals surface area contributed by atoms with E-state index in [0.29, 0.717) is 11.3 Å². The Morgan fingerprint density at radius 1 is 0.966 bits per heavy atom. The molecule has 1 aromatic carbocycles. The van der Waals surface area contributed by atoms with Gasteiger partial charge in [0.05, 0.1) is 47.1 Å². The van der Waals surface area contributed by atoms with E-state index in [1.54, 1.807) is 0 Å². The van der Waals surface area contributed by atoms with Gasteiger partial charge in [0.2, 0.25) is 5.75 Å². The molecular formula is C20H26O9. The van der Waals surface area contributed by atoms with E-state index in [9.17, 15) is 19.5 Å². The summed E-state index contributed by atoms with van der Waals surface area (Å²) in [7, 11) is 6.59. The predicted molar refractivity (Wildman–Crippen MR) is 100 cm³/mol. The van der Waals surface area contributed by atoms with Crippen molar-refractivity contribution in [1.29, 1.82) is 0 Å². The Hall–Kier alpha value is -2.81. The van der Waals surface area contributed by atoms with Gasteiger partial charge in [0.15, 0.2) is 17.3 Å². The summed E-state index contributed by atoms with van der Waals surface area (Å²) in [6.45, 7) is 1.37. The summed E-state index contributed by atoms with van der Waals surface area (Å²) < 4.78 is 25.7. The Bertz CT molecular complexity index is 774. The number of rotatable bonds is 6. The molecule has 1 fully saturated rings. The van der Waals surface area contributed by atoms with Gasteiger partial charge in [0.25, 0.3) is 0 Å². The number of benzene rings is 1. The second kappa shape index (κ2) is 8.69. The third-order valence-electron chi connectivity index (χ3n) is 5.25. The normalized spacial score (nSPS) is 26.4. The monoisotopic (exact) mass is 410 g/mol. The van der Waals surface area contributed by atoms with E-state index < -0.39 is 47.5 Å². The molecule has 1 aliphatic carbocycles. The van der Waals surface area contributed by atoms with Gasteiger partial charge in [-0.25, -0.2) is 0 Å². The van der Waals surface area contributed by atoms with Crippen LogP contribution in [0.1, 0.15) is 24.8 Å². The molecule has 1 N–H and O–H groups in total. The molecule has 0 saturated heterocycles. The van der Waals surface area contributed by atoms with Gasteiger partial charge in [-0.3, -0.25) is 14.4 Å². The Morgan fingerprint density at radius 2 is 1.48 bits per heavy atom. The number of aliphatic hydroxyl groups is 1. The van der Waals surface area contributed by atoms with Gasteiger partial charge in [-0.2, -0.15) is 0 Å². The Balaban J connectivity index is 2.80. The smallest absolute Gasteiger partial charge is 0.316 e. The Morgan fingerprint density at radius 3 is 1.90 bits per heavy atom. The minimum atomic E-state index is -1.74. The van der Waals surface area contributed by atoms with Gasteiger partial charge in [-0.15, -0.1) is 0 Å². The molecule has 0 bridgehead atoms. The van der Waals surface area contributed by atoms with Crippen molar-refractivity contribution < 1.29 is 43.2 Å². The van der Waals surface area contributed by atoms with Crippen LogP contribution in [-0.2, 0) is 23.9 Å². The van der Waals surface area contributed by atoms with Crippen LogP contribution in [0.25, 0.3) is 0 Å². The first-order valence-electron chi connectivity index (χ1n) is 8.87. The molecule has 1 aromatic rings. The molecule has 29 heavy (non-hydrogen) atoms. The van der Waals surface area contributed by atoms with Crippen LogP contribution in [0.4, 0.5) is 0 Å². The molecule has 0 unspecified atom stereocenters. The van der Waals surface area contributed by atoms with E-state index in [4.69, 9.17) is 23.7 Å². The minimum Gasteiger partial charge on any atom is -0.493 e. The maximum absolute atomic E-state index is 12.8. The van der Waals surface area contributed by atoms with E-state index in [-0.39, 0.29) is 11.5 Å². The first-order valence-corrected chi connectivity index (χ1v) is 8.87. The number of carbonyl (C=O) groups excluding carboxylic acids is 3. The second-order valence-electron chi connectivity index (χ2n) is 6.99. The highest BCUT2D eigenvalue weighted by molar-refractivity contribution is 6.02. The highest BCUT2D eigenvalue weighted by atomic mass is 16.5. The van der Waals surface area contributed by atoms with E-state index in [1.165, 1.54) is 47.5 Å². The zero-order valence-corrected chi connectivity index (χ0v) is 17.3. The molecule has 2 rings (SSSR count). The number of hydrogen-bond donors (Lipinski definition) is 1. The summed E-state index contributed by atoms with van der Waals surface area (Å²) >= 11 is 0. The number of carbonyl (C=O) groups is 3. The van der Waals surface area contributed by atoms with Crippen molar-refractivity contribution in [3.63, 3.8) is 0 Å². The summed E-state index contributed by atoms with van der Waals surface area (Å²) in [5, 5.41) is 10.9. The molecule has 4 atom stereocenters. The Kier molecular flexibility index (Phi) is 6.73. The quantitative estimate of drug-likeness (QED) is 0.543. The van der Waals surface area contributed by atoms with Gasteiger partial charge < -0.3 is 28.8 Å². The zero-order chi connectivity index (χ0) is 21.9. The van der Waals surface area contributed by atoms with Gasteiger partial charge in [-0.1, -0.05) is 0 Å². The lowest BCUT2D eigenvalue weighted by atomic mass is 9.61. The maximum atomic E-state index is 12.8. The number of ether oxygens (including phenoxy) is 5. The predicted octanol–water partition coefficient (Wildman–Crippen LogP) is 1.10. The SMILES string of the molecule is COC(=O)[C@@H]1C(=O)C[C@](C)(O)[C@H](C(=O)OC)[C@@H]1c1cc(OC)c(OC)c(OC)c1. The van der Waals surface area contributed by atoms with E-state index in [2.05, 4.69) is 0 Å². The van der Waals surface area contributed by atoms with Crippen molar-refractivity contribution >= 4 is 17.7 Å². The summed E-state index contributed by atoms with van der Waals surface area (Å²) in [5.41, 5.74) is -1.38. The fraction of sp³-hybridized carbons (Fsp3) is 0.550. The van der Waals surface area contributed by atoms with Crippen LogP contribution < -0.4 is 14.2 Å². The van der Waals surface area contributed by atoms with E-state index in [1.807, 2.05) is 0 Å². The molecule has 1 aliphatic rings. The van der Waals surface area contributed by atoms with Crippen LogP contribution in [-0.4, -0.2) is 64.0 Å². The van der Waals surface area contributed by atoms with Gasteiger partial charge in [-0.05, 0) is 24.6 Å². The summed E-state index contributed by atoms with van der Waals surface area (Å²) in [5.74, 6) is -4.85. The van der Waals surface area contributed by atoms with Crippen LogP contribution in [0, 0.1) is 11.8 Å². The fourth-order valence-electron chi connectivity index (χ4n) is 3.96. The molecule has 0 radical (unpaired) electrons. The highest BCUT2D eigenvalue weighted by Crippen LogP contribution is 2.49. The van der Waals surface area contributed by atoms with Crippen molar-refractivity contribution in [2.75, 3.05) is 35.5 Å². The molecular weight excluding hydrogens is 384 g/mol. The van der Waals surface area contributed by atoms with Crippen LogP contribution in [0.2, 0.25) is 0 Å². The number of ketones is 1. The van der Waals surface area contributed by atoms with Crippen molar-refractivity contribution in [2.45, 2.75) is 24.9 Å². The second-order valence-corrected chi connectivity index (χ2v) is 6.99. The molecule has 1 saturated carbocycles. The van der Waals surface area contributed by atoms with Crippen molar-refractivity contribution in [3.05, 3.63) is 17.7 Å². The molecule has 0 aromatic heterocycles. The molecule has 0 spiro atoms. The minimum absolute atomic E-state index is 0.270. The largest absolute Gasteiger partial charge is 0.493 e. The van der Waals surface area contributed by atoms with Crippen LogP contribution in [0.15, 0.2) is 12.1 Å². The highest BCUT2D eigenvalue weighted by Gasteiger charge is 2.57. The third kappa shape index (κ3) is 4.00. The van der Waals surface area contributed by atoms with Crippen molar-refractivity contribution in [1.82, 2.24) is 0 Å². The number of Topliss-reactive ketones (excluding diaryl/α,β-unsaturated/α-hetero) is 1. The molecule has 9 heteroatoms. The average Bonchev–Trinajstić information content (AvgIpc) is 2.70. The van der Waals surface area contributed by atoms with E-state index in [0.717, 1.165) is 7.11 Å². The van der Waals surface area contributed by atoms with Gasteiger partial charge >= 0.3 is 11.9 Å². The molecule has 160 valence electrons. The summed E-state index contributed by atoms with van der Waals surface area (Å²) in [6.07, 6.45) is -0.395. The number of methoxy groups -OCH3 is 5. The Labute approximate surface area is 168 Å². The molecule has 0 aliphatic heterocycles. The first-order chi connectivity index (χ1) is 13.7. The van der Waals surface area contributed by atoms with Crippen LogP contribution in [0.3, 0.4) is 0 Å². The standard InChI is InChI=1S/C20H26O9/c1-20(24)9-11(21)15(18(22)28-5)14(16(20)19(23)29-6)10-7-12(25-2)17(27-4)13(8-10)26-3/h7-8,14-16,24H,9H2,1-6H3/t14-,15-,16+,20+/m1/s1. The lowest BCUT2D eigenvalue weighted by molar-refractivity contribution is -0.170. The summed E-state index contributed by atoms with van der Waals surface area (Å²) in [4.78, 5) is 37.9.